The second-order valence-corrected chi connectivity index (χ2v) is 6.49. The first-order valence-electron chi connectivity index (χ1n) is 5.72. The molecule has 0 heterocycles. The van der Waals surface area contributed by atoms with E-state index in [4.69, 9.17) is 11.6 Å². The Morgan fingerprint density at radius 1 is 0.947 bits per heavy atom. The van der Waals surface area contributed by atoms with Gasteiger partial charge in [0.25, 0.3) is 0 Å². The van der Waals surface area contributed by atoms with Crippen LogP contribution in [0.4, 0.5) is 0 Å². The fourth-order valence-electron chi connectivity index (χ4n) is 1.71. The standard InChI is InChI=1S/C15H11Br2ClO/c16-13(10-6-8-12(18)9-7-10)14(17)15(19)11-4-2-1-3-5-11/h1-9,13-14H/t13-,14-/m0/s1. The van der Waals surface area contributed by atoms with E-state index in [1.165, 1.54) is 0 Å². The molecule has 4 heteroatoms. The number of carbonyl (C=O) groups excluding carboxylic acids is 1. The second kappa shape index (κ2) is 6.69. The first-order valence-corrected chi connectivity index (χ1v) is 7.93. The van der Waals surface area contributed by atoms with Crippen LogP contribution in [-0.4, -0.2) is 10.6 Å². The number of benzene rings is 2. The maximum absolute atomic E-state index is 12.3. The average Bonchev–Trinajstić information content (AvgIpc) is 2.46. The van der Waals surface area contributed by atoms with Gasteiger partial charge < -0.3 is 0 Å². The molecule has 0 spiro atoms. The molecule has 0 amide bonds. The van der Waals surface area contributed by atoms with Gasteiger partial charge in [-0.15, -0.1) is 0 Å². The van der Waals surface area contributed by atoms with Gasteiger partial charge in [0, 0.05) is 10.6 Å². The van der Waals surface area contributed by atoms with E-state index < -0.39 is 0 Å². The van der Waals surface area contributed by atoms with Gasteiger partial charge in [-0.3, -0.25) is 4.79 Å². The Morgan fingerprint density at radius 3 is 2.11 bits per heavy atom. The Labute approximate surface area is 134 Å². The molecule has 0 fully saturated rings. The van der Waals surface area contributed by atoms with E-state index in [1.54, 1.807) is 0 Å². The van der Waals surface area contributed by atoms with Gasteiger partial charge in [-0.1, -0.05) is 85.9 Å². The zero-order valence-corrected chi connectivity index (χ0v) is 13.8. The number of halogens is 3. The number of hydrogen-bond donors (Lipinski definition) is 0. The maximum Gasteiger partial charge on any atom is 0.177 e. The third-order valence-corrected chi connectivity index (χ3v) is 5.72. The summed E-state index contributed by atoms with van der Waals surface area (Å²) in [4.78, 5) is 11.9. The summed E-state index contributed by atoms with van der Waals surface area (Å²) in [6, 6.07) is 16.7. The van der Waals surface area contributed by atoms with Crippen molar-refractivity contribution in [2.75, 3.05) is 0 Å². The van der Waals surface area contributed by atoms with E-state index >= 15 is 0 Å². The molecular formula is C15H11Br2ClO. The van der Waals surface area contributed by atoms with Crippen LogP contribution in [-0.2, 0) is 0 Å². The smallest absolute Gasteiger partial charge is 0.177 e. The van der Waals surface area contributed by atoms with Crippen LogP contribution in [0.25, 0.3) is 0 Å². The molecule has 2 rings (SSSR count). The van der Waals surface area contributed by atoms with Crippen LogP contribution in [0.3, 0.4) is 0 Å². The van der Waals surface area contributed by atoms with Gasteiger partial charge in [0.15, 0.2) is 5.78 Å². The predicted molar refractivity (Wildman–Crippen MR) is 86.6 cm³/mol. The predicted octanol–water partition coefficient (Wildman–Crippen LogP) is 5.42. The molecule has 0 saturated heterocycles. The fraction of sp³-hybridized carbons (Fsp3) is 0.133. The summed E-state index contributed by atoms with van der Waals surface area (Å²) >= 11 is 12.9. The lowest BCUT2D eigenvalue weighted by molar-refractivity contribution is 0.0991. The number of Topliss-reactive ketones (excluding diaryl/α,β-unsaturated/α-hetero) is 1. The largest absolute Gasteiger partial charge is 0.293 e. The topological polar surface area (TPSA) is 17.1 Å². The van der Waals surface area contributed by atoms with Crippen LogP contribution in [0.15, 0.2) is 54.6 Å². The van der Waals surface area contributed by atoms with Crippen molar-refractivity contribution in [2.24, 2.45) is 0 Å². The summed E-state index contributed by atoms with van der Waals surface area (Å²) in [6.45, 7) is 0. The first kappa shape index (κ1) is 14.8. The molecule has 0 aliphatic carbocycles. The normalized spacial score (nSPS) is 13.8. The van der Waals surface area contributed by atoms with Gasteiger partial charge in [-0.2, -0.15) is 0 Å². The third kappa shape index (κ3) is 3.68. The van der Waals surface area contributed by atoms with Crippen molar-refractivity contribution in [1.29, 1.82) is 0 Å². The highest BCUT2D eigenvalue weighted by molar-refractivity contribution is 9.12. The monoisotopic (exact) mass is 400 g/mol. The Balaban J connectivity index is 2.17. The van der Waals surface area contributed by atoms with Crippen molar-refractivity contribution in [3.05, 3.63) is 70.7 Å². The van der Waals surface area contributed by atoms with Crippen LogP contribution in [0.5, 0.6) is 0 Å². The molecule has 1 nitrogen and oxygen atoms in total. The van der Waals surface area contributed by atoms with Crippen molar-refractivity contribution < 1.29 is 4.79 Å². The van der Waals surface area contributed by atoms with Gasteiger partial charge in [0.1, 0.15) is 0 Å². The second-order valence-electron chi connectivity index (χ2n) is 4.09. The molecule has 0 aliphatic heterocycles. The summed E-state index contributed by atoms with van der Waals surface area (Å²) in [5.41, 5.74) is 1.71. The lowest BCUT2D eigenvalue weighted by Gasteiger charge is -2.16. The first-order chi connectivity index (χ1) is 9.09. The number of alkyl halides is 2. The molecule has 2 aromatic rings. The van der Waals surface area contributed by atoms with Gasteiger partial charge >= 0.3 is 0 Å². The molecule has 0 saturated carbocycles. The van der Waals surface area contributed by atoms with Crippen molar-refractivity contribution in [1.82, 2.24) is 0 Å². The Hall–Kier alpha value is -0.640. The van der Waals surface area contributed by atoms with Crippen molar-refractivity contribution in [3.8, 4) is 0 Å². The fourth-order valence-corrected chi connectivity index (χ4v) is 2.95. The van der Waals surface area contributed by atoms with Gasteiger partial charge in [0.05, 0.1) is 9.65 Å². The van der Waals surface area contributed by atoms with Crippen molar-refractivity contribution in [2.45, 2.75) is 9.65 Å². The molecule has 0 aliphatic rings. The van der Waals surface area contributed by atoms with Crippen LogP contribution in [0.1, 0.15) is 20.7 Å². The van der Waals surface area contributed by atoms with E-state index in [9.17, 15) is 4.79 Å². The van der Waals surface area contributed by atoms with Crippen molar-refractivity contribution >= 4 is 49.2 Å². The highest BCUT2D eigenvalue weighted by Crippen LogP contribution is 2.33. The highest BCUT2D eigenvalue weighted by atomic mass is 79.9. The quantitative estimate of drug-likeness (QED) is 0.493. The highest BCUT2D eigenvalue weighted by Gasteiger charge is 2.25. The van der Waals surface area contributed by atoms with E-state index in [-0.39, 0.29) is 15.4 Å². The summed E-state index contributed by atoms with van der Waals surface area (Å²) in [6.07, 6.45) is 0. The zero-order valence-electron chi connectivity index (χ0n) is 9.89. The minimum absolute atomic E-state index is 0.0532. The van der Waals surface area contributed by atoms with Gasteiger partial charge in [0.2, 0.25) is 0 Å². The number of rotatable bonds is 4. The number of hydrogen-bond acceptors (Lipinski definition) is 1. The van der Waals surface area contributed by atoms with E-state index in [1.807, 2.05) is 54.6 Å². The molecule has 0 unspecified atom stereocenters. The average molecular weight is 403 g/mol. The van der Waals surface area contributed by atoms with E-state index in [0.29, 0.717) is 10.6 Å². The zero-order chi connectivity index (χ0) is 13.8. The van der Waals surface area contributed by atoms with E-state index in [2.05, 4.69) is 31.9 Å². The minimum Gasteiger partial charge on any atom is -0.293 e. The Morgan fingerprint density at radius 2 is 1.53 bits per heavy atom. The Bertz CT molecular complexity index is 554. The molecule has 98 valence electrons. The number of carbonyl (C=O) groups is 1. The van der Waals surface area contributed by atoms with Crippen molar-refractivity contribution in [3.63, 3.8) is 0 Å². The number of ketones is 1. The summed E-state index contributed by atoms with van der Waals surface area (Å²) in [5.74, 6) is 0.0532. The summed E-state index contributed by atoms with van der Waals surface area (Å²) in [7, 11) is 0. The molecular weight excluding hydrogens is 391 g/mol. The molecule has 0 N–H and O–H groups in total. The molecule has 0 bridgehead atoms. The SMILES string of the molecule is O=C(c1ccccc1)[C@@H](Br)[C@@H](Br)c1ccc(Cl)cc1. The van der Waals surface area contributed by atoms with Gasteiger partial charge in [-0.25, -0.2) is 0 Å². The third-order valence-electron chi connectivity index (χ3n) is 2.75. The van der Waals surface area contributed by atoms with E-state index in [0.717, 1.165) is 5.56 Å². The van der Waals surface area contributed by atoms with Crippen LogP contribution in [0.2, 0.25) is 5.02 Å². The van der Waals surface area contributed by atoms with Crippen LogP contribution >= 0.6 is 43.5 Å². The molecule has 2 aromatic carbocycles. The molecule has 0 aromatic heterocycles. The summed E-state index contributed by atoms with van der Waals surface area (Å²) in [5, 5.41) is 0.684. The maximum atomic E-state index is 12.3. The Kier molecular flexibility index (Phi) is 5.20. The van der Waals surface area contributed by atoms with Crippen LogP contribution in [0, 0.1) is 0 Å². The lowest BCUT2D eigenvalue weighted by Crippen LogP contribution is -2.19. The molecule has 0 radical (unpaired) electrons. The summed E-state index contributed by atoms with van der Waals surface area (Å²) < 4.78 is 0. The lowest BCUT2D eigenvalue weighted by atomic mass is 10.0. The molecule has 2 atom stereocenters. The van der Waals surface area contributed by atoms with Gasteiger partial charge in [-0.05, 0) is 17.7 Å². The van der Waals surface area contributed by atoms with Crippen LogP contribution < -0.4 is 0 Å². The minimum atomic E-state index is -0.323. The molecule has 19 heavy (non-hydrogen) atoms.